The molecule has 0 radical (unpaired) electrons. The second kappa shape index (κ2) is 6.63. The van der Waals surface area contributed by atoms with Crippen LogP contribution in [0.4, 0.5) is 5.69 Å². The summed E-state index contributed by atoms with van der Waals surface area (Å²) in [6, 6.07) is 11.1. The number of hydrogen-bond acceptors (Lipinski definition) is 3. The molecule has 1 aliphatic rings. The first kappa shape index (κ1) is 14.6. The molecular weight excluding hydrogens is 278 g/mol. The van der Waals surface area contributed by atoms with Crippen LogP contribution in [0.3, 0.4) is 0 Å². The van der Waals surface area contributed by atoms with Crippen molar-refractivity contribution in [3.05, 3.63) is 51.2 Å². The van der Waals surface area contributed by atoms with E-state index in [0.29, 0.717) is 6.04 Å². The Morgan fingerprint density at radius 3 is 2.67 bits per heavy atom. The standard InChI is InChI=1S/C18H23NOS/c1-13(18-12-15-4-2-3-5-17(15)21-18)19-16-8-6-14(7-9-16)10-11-20/h6-9,12-13,19-20H,2-5,10-11H2,1H3. The van der Waals surface area contributed by atoms with Crippen molar-refractivity contribution >= 4 is 17.0 Å². The summed E-state index contributed by atoms with van der Waals surface area (Å²) in [6.07, 6.45) is 5.95. The normalized spacial score (nSPS) is 15.5. The number of aliphatic hydroxyl groups is 1. The Kier molecular flexibility index (Phi) is 4.61. The van der Waals surface area contributed by atoms with Crippen LogP contribution in [-0.2, 0) is 19.3 Å². The summed E-state index contributed by atoms with van der Waals surface area (Å²) in [4.78, 5) is 3.05. The molecule has 1 atom stereocenters. The minimum Gasteiger partial charge on any atom is -0.396 e. The molecule has 3 rings (SSSR count). The lowest BCUT2D eigenvalue weighted by Gasteiger charge is -2.14. The minimum atomic E-state index is 0.212. The highest BCUT2D eigenvalue weighted by molar-refractivity contribution is 7.12. The molecule has 21 heavy (non-hydrogen) atoms. The van der Waals surface area contributed by atoms with Crippen molar-refractivity contribution in [3.63, 3.8) is 0 Å². The fourth-order valence-corrected chi connectivity index (χ4v) is 4.20. The second-order valence-corrected chi connectivity index (χ2v) is 7.01. The van der Waals surface area contributed by atoms with Gasteiger partial charge in [-0.2, -0.15) is 0 Å². The van der Waals surface area contributed by atoms with E-state index in [0.717, 1.165) is 12.1 Å². The highest BCUT2D eigenvalue weighted by Crippen LogP contribution is 2.34. The van der Waals surface area contributed by atoms with Gasteiger partial charge in [0.15, 0.2) is 0 Å². The highest BCUT2D eigenvalue weighted by Gasteiger charge is 2.16. The summed E-state index contributed by atoms with van der Waals surface area (Å²) in [5.74, 6) is 0. The Hall–Kier alpha value is -1.32. The Bertz CT molecular complexity index is 564. The summed E-state index contributed by atoms with van der Waals surface area (Å²) in [5, 5.41) is 12.5. The van der Waals surface area contributed by atoms with Crippen LogP contribution in [0.2, 0.25) is 0 Å². The summed E-state index contributed by atoms with van der Waals surface area (Å²) in [5.41, 5.74) is 3.91. The molecule has 0 aliphatic heterocycles. The van der Waals surface area contributed by atoms with Crippen LogP contribution < -0.4 is 5.32 Å². The SMILES string of the molecule is CC(Nc1ccc(CCO)cc1)c1cc2c(s1)CCCC2. The van der Waals surface area contributed by atoms with Crippen molar-refractivity contribution in [1.29, 1.82) is 0 Å². The fraction of sp³-hybridized carbons (Fsp3) is 0.444. The van der Waals surface area contributed by atoms with E-state index in [1.165, 1.54) is 36.1 Å². The monoisotopic (exact) mass is 301 g/mol. The molecule has 0 saturated heterocycles. The van der Waals surface area contributed by atoms with Gasteiger partial charge in [-0.3, -0.25) is 0 Å². The molecule has 0 spiro atoms. The lowest BCUT2D eigenvalue weighted by Crippen LogP contribution is -2.04. The number of aryl methyl sites for hydroxylation is 2. The van der Waals surface area contributed by atoms with E-state index in [9.17, 15) is 0 Å². The smallest absolute Gasteiger partial charge is 0.0578 e. The number of benzene rings is 1. The molecule has 2 aromatic rings. The Labute approximate surface area is 130 Å². The molecule has 0 amide bonds. The summed E-state index contributed by atoms with van der Waals surface area (Å²) in [6.45, 7) is 2.45. The summed E-state index contributed by atoms with van der Waals surface area (Å²) < 4.78 is 0. The molecule has 0 bridgehead atoms. The number of hydrogen-bond donors (Lipinski definition) is 2. The number of thiophene rings is 1. The van der Waals surface area contributed by atoms with E-state index >= 15 is 0 Å². The first-order valence-electron chi connectivity index (χ1n) is 7.84. The zero-order chi connectivity index (χ0) is 14.7. The summed E-state index contributed by atoms with van der Waals surface area (Å²) >= 11 is 1.98. The maximum absolute atomic E-state index is 8.95. The maximum Gasteiger partial charge on any atom is 0.0578 e. The third kappa shape index (κ3) is 3.47. The average Bonchev–Trinajstić information content (AvgIpc) is 2.94. The van der Waals surface area contributed by atoms with E-state index in [-0.39, 0.29) is 6.61 Å². The van der Waals surface area contributed by atoms with Crippen LogP contribution in [0.5, 0.6) is 0 Å². The Balaban J connectivity index is 1.67. The highest BCUT2D eigenvalue weighted by atomic mass is 32.1. The van der Waals surface area contributed by atoms with Gasteiger partial charge >= 0.3 is 0 Å². The molecule has 2 N–H and O–H groups in total. The van der Waals surface area contributed by atoms with Gasteiger partial charge in [0.2, 0.25) is 0 Å². The van der Waals surface area contributed by atoms with Crippen LogP contribution in [0.25, 0.3) is 0 Å². The van der Waals surface area contributed by atoms with Gasteiger partial charge in [-0.05, 0) is 68.4 Å². The molecule has 1 aliphatic carbocycles. The average molecular weight is 301 g/mol. The molecule has 2 nitrogen and oxygen atoms in total. The topological polar surface area (TPSA) is 32.3 Å². The van der Waals surface area contributed by atoms with E-state index in [1.807, 2.05) is 11.3 Å². The van der Waals surface area contributed by atoms with Gasteiger partial charge in [0.1, 0.15) is 0 Å². The predicted octanol–water partition coefficient (Wildman–Crippen LogP) is 4.33. The molecule has 1 aromatic heterocycles. The minimum absolute atomic E-state index is 0.212. The Morgan fingerprint density at radius 2 is 1.95 bits per heavy atom. The maximum atomic E-state index is 8.95. The van der Waals surface area contributed by atoms with E-state index in [2.05, 4.69) is 42.6 Å². The molecule has 1 unspecified atom stereocenters. The number of rotatable bonds is 5. The molecule has 3 heteroatoms. The zero-order valence-corrected chi connectivity index (χ0v) is 13.4. The molecule has 1 aromatic carbocycles. The van der Waals surface area contributed by atoms with E-state index in [1.54, 1.807) is 10.4 Å². The third-order valence-electron chi connectivity index (χ3n) is 4.18. The van der Waals surface area contributed by atoms with Crippen molar-refractivity contribution in [2.45, 2.75) is 45.1 Å². The van der Waals surface area contributed by atoms with Gasteiger partial charge in [-0.1, -0.05) is 12.1 Å². The molecule has 0 saturated carbocycles. The van der Waals surface area contributed by atoms with Crippen LogP contribution in [0.1, 0.15) is 46.7 Å². The quantitative estimate of drug-likeness (QED) is 0.861. The lowest BCUT2D eigenvalue weighted by atomic mass is 9.99. The zero-order valence-electron chi connectivity index (χ0n) is 12.6. The van der Waals surface area contributed by atoms with Crippen LogP contribution >= 0.6 is 11.3 Å². The van der Waals surface area contributed by atoms with Crippen molar-refractivity contribution in [3.8, 4) is 0 Å². The first-order valence-corrected chi connectivity index (χ1v) is 8.66. The first-order chi connectivity index (χ1) is 10.3. The van der Waals surface area contributed by atoms with Crippen LogP contribution in [0.15, 0.2) is 30.3 Å². The van der Waals surface area contributed by atoms with Crippen LogP contribution in [-0.4, -0.2) is 11.7 Å². The molecule has 112 valence electrons. The van der Waals surface area contributed by atoms with Gasteiger partial charge in [-0.25, -0.2) is 0 Å². The third-order valence-corrected chi connectivity index (χ3v) is 5.60. The molecule has 0 fully saturated rings. The van der Waals surface area contributed by atoms with E-state index < -0.39 is 0 Å². The van der Waals surface area contributed by atoms with Crippen molar-refractivity contribution in [2.75, 3.05) is 11.9 Å². The number of aliphatic hydroxyl groups excluding tert-OH is 1. The van der Waals surface area contributed by atoms with Gasteiger partial charge < -0.3 is 10.4 Å². The van der Waals surface area contributed by atoms with Crippen LogP contribution in [0, 0.1) is 0 Å². The lowest BCUT2D eigenvalue weighted by molar-refractivity contribution is 0.299. The largest absolute Gasteiger partial charge is 0.396 e. The van der Waals surface area contributed by atoms with E-state index in [4.69, 9.17) is 5.11 Å². The Morgan fingerprint density at radius 1 is 1.19 bits per heavy atom. The van der Waals surface area contributed by atoms with Crippen molar-refractivity contribution in [1.82, 2.24) is 0 Å². The number of nitrogens with one attached hydrogen (secondary N) is 1. The van der Waals surface area contributed by atoms with Gasteiger partial charge in [0.25, 0.3) is 0 Å². The second-order valence-electron chi connectivity index (χ2n) is 5.84. The number of anilines is 1. The van der Waals surface area contributed by atoms with Crippen molar-refractivity contribution in [2.24, 2.45) is 0 Å². The van der Waals surface area contributed by atoms with Gasteiger partial charge in [0.05, 0.1) is 6.04 Å². The molecular formula is C18H23NOS. The van der Waals surface area contributed by atoms with Gasteiger partial charge in [0, 0.05) is 22.0 Å². The fourth-order valence-electron chi connectivity index (χ4n) is 2.94. The number of fused-ring (bicyclic) bond motifs is 1. The van der Waals surface area contributed by atoms with Gasteiger partial charge in [-0.15, -0.1) is 11.3 Å². The molecule has 1 heterocycles. The van der Waals surface area contributed by atoms with Crippen molar-refractivity contribution < 1.29 is 5.11 Å². The summed E-state index contributed by atoms with van der Waals surface area (Å²) in [7, 11) is 0. The predicted molar refractivity (Wildman–Crippen MR) is 90.2 cm³/mol.